The second kappa shape index (κ2) is 6.48. The van der Waals surface area contributed by atoms with E-state index >= 15 is 0 Å². The molecule has 2 nitrogen and oxygen atoms in total. The summed E-state index contributed by atoms with van der Waals surface area (Å²) in [7, 11) is 0. The van der Waals surface area contributed by atoms with Crippen molar-refractivity contribution in [2.24, 2.45) is 0 Å². The number of rotatable bonds is 4. The normalized spacial score (nSPS) is 12.2. The summed E-state index contributed by atoms with van der Waals surface area (Å²) in [5.41, 5.74) is 0.720. The van der Waals surface area contributed by atoms with Crippen LogP contribution in [-0.2, 0) is 0 Å². The maximum Gasteiger partial charge on any atom is 0.251 e. The van der Waals surface area contributed by atoms with Gasteiger partial charge in [-0.1, -0.05) is 22.9 Å². The molecule has 1 atom stereocenters. The van der Waals surface area contributed by atoms with E-state index in [1.54, 1.807) is 0 Å². The number of hydrogen-bond donors (Lipinski definition) is 1. The summed E-state index contributed by atoms with van der Waals surface area (Å²) in [4.78, 5) is 12.0. The van der Waals surface area contributed by atoms with E-state index in [4.69, 9.17) is 0 Å². The smallest absolute Gasteiger partial charge is 0.251 e. The quantitative estimate of drug-likeness (QED) is 0.629. The van der Waals surface area contributed by atoms with Gasteiger partial charge in [-0.15, -0.1) is 0 Å². The number of carbonyl (C=O) groups excluding carboxylic acids is 1. The van der Waals surface area contributed by atoms with E-state index in [1.807, 2.05) is 24.3 Å². The van der Waals surface area contributed by atoms with Crippen molar-refractivity contribution in [1.82, 2.24) is 5.32 Å². The van der Waals surface area contributed by atoms with Gasteiger partial charge in [0, 0.05) is 20.5 Å². The van der Waals surface area contributed by atoms with E-state index in [0.717, 1.165) is 15.6 Å². The molecular formula is C11H13BrINO. The molecule has 1 unspecified atom stereocenters. The number of hydrogen-bond acceptors (Lipinski definition) is 1. The molecule has 1 rings (SSSR count). The van der Waals surface area contributed by atoms with Crippen molar-refractivity contribution in [2.75, 3.05) is 6.54 Å². The van der Waals surface area contributed by atoms with Gasteiger partial charge in [-0.25, -0.2) is 0 Å². The molecule has 0 aromatic heterocycles. The van der Waals surface area contributed by atoms with Crippen LogP contribution in [0.4, 0.5) is 0 Å². The van der Waals surface area contributed by atoms with Crippen molar-refractivity contribution in [3.05, 3.63) is 33.4 Å². The Labute approximate surface area is 112 Å². The molecule has 1 aromatic carbocycles. The van der Waals surface area contributed by atoms with Crippen LogP contribution in [0.5, 0.6) is 0 Å². The number of alkyl halides is 1. The van der Waals surface area contributed by atoms with Gasteiger partial charge >= 0.3 is 0 Å². The first-order valence-corrected chi connectivity index (χ1v) is 6.77. The first-order valence-electron chi connectivity index (χ1n) is 4.77. The molecule has 1 aromatic rings. The minimum Gasteiger partial charge on any atom is -0.352 e. The molecule has 0 bridgehead atoms. The van der Waals surface area contributed by atoms with Crippen LogP contribution in [-0.4, -0.2) is 17.3 Å². The van der Waals surface area contributed by atoms with Crippen LogP contribution in [0.3, 0.4) is 0 Å². The summed E-state index contributed by atoms with van der Waals surface area (Å²) in [6.45, 7) is 2.77. The van der Waals surface area contributed by atoms with Crippen molar-refractivity contribution in [3.63, 3.8) is 0 Å². The molecule has 4 heteroatoms. The molecule has 1 N–H and O–H groups in total. The third-order valence-electron chi connectivity index (χ3n) is 1.93. The molecule has 0 aliphatic carbocycles. The fourth-order valence-corrected chi connectivity index (χ4v) is 1.68. The zero-order chi connectivity index (χ0) is 11.3. The fourth-order valence-electron chi connectivity index (χ4n) is 1.09. The molecule has 1 amide bonds. The minimum atomic E-state index is -0.000417. The molecule has 0 heterocycles. The molecule has 0 aliphatic rings. The predicted octanol–water partition coefficient (Wildman–Crippen LogP) is 3.19. The maximum absolute atomic E-state index is 11.6. The highest BCUT2D eigenvalue weighted by atomic mass is 127. The number of halogens is 2. The summed E-state index contributed by atoms with van der Waals surface area (Å²) in [6, 6.07) is 7.55. The number of benzene rings is 1. The van der Waals surface area contributed by atoms with Gasteiger partial charge in [0.05, 0.1) is 0 Å². The van der Waals surface area contributed by atoms with E-state index in [2.05, 4.69) is 50.8 Å². The van der Waals surface area contributed by atoms with Gasteiger partial charge in [-0.2, -0.15) is 0 Å². The van der Waals surface area contributed by atoms with E-state index in [9.17, 15) is 4.79 Å². The van der Waals surface area contributed by atoms with Crippen LogP contribution in [0, 0.1) is 3.57 Å². The summed E-state index contributed by atoms with van der Waals surface area (Å²) in [5, 5.41) is 2.88. The molecule has 0 saturated heterocycles. The zero-order valence-corrected chi connectivity index (χ0v) is 12.2. The lowest BCUT2D eigenvalue weighted by Crippen LogP contribution is -2.25. The monoisotopic (exact) mass is 381 g/mol. The lowest BCUT2D eigenvalue weighted by Gasteiger charge is -2.06. The van der Waals surface area contributed by atoms with E-state index in [-0.39, 0.29) is 5.91 Å². The highest BCUT2D eigenvalue weighted by molar-refractivity contribution is 14.1. The van der Waals surface area contributed by atoms with Crippen molar-refractivity contribution in [1.29, 1.82) is 0 Å². The van der Waals surface area contributed by atoms with Gasteiger partial charge in [0.15, 0.2) is 0 Å². The SMILES string of the molecule is CC(Br)CCNC(=O)c1ccc(I)cc1. The number of carbonyl (C=O) groups is 1. The van der Waals surface area contributed by atoms with Gasteiger partial charge in [0.2, 0.25) is 0 Å². The van der Waals surface area contributed by atoms with Crippen molar-refractivity contribution in [2.45, 2.75) is 18.2 Å². The lowest BCUT2D eigenvalue weighted by atomic mass is 10.2. The molecule has 82 valence electrons. The van der Waals surface area contributed by atoms with E-state index in [1.165, 1.54) is 0 Å². The Bertz CT molecular complexity index is 324. The molecule has 0 radical (unpaired) electrons. The first kappa shape index (κ1) is 13.0. The summed E-state index contributed by atoms with van der Waals surface area (Å²) < 4.78 is 1.14. The first-order chi connectivity index (χ1) is 7.09. The Morgan fingerprint density at radius 2 is 2.07 bits per heavy atom. The van der Waals surface area contributed by atoms with Crippen LogP contribution in [0.25, 0.3) is 0 Å². The van der Waals surface area contributed by atoms with Gasteiger partial charge in [-0.3, -0.25) is 4.79 Å². The summed E-state index contributed by atoms with van der Waals surface area (Å²) >= 11 is 5.66. The van der Waals surface area contributed by atoms with Crippen molar-refractivity contribution >= 4 is 44.4 Å². The van der Waals surface area contributed by atoms with Gasteiger partial charge in [0.1, 0.15) is 0 Å². The highest BCUT2D eigenvalue weighted by Crippen LogP contribution is 2.07. The second-order valence-corrected chi connectivity index (χ2v) is 6.14. The Hall–Kier alpha value is -0.100. The van der Waals surface area contributed by atoms with Crippen molar-refractivity contribution < 1.29 is 4.79 Å². The molecule has 0 fully saturated rings. The highest BCUT2D eigenvalue weighted by Gasteiger charge is 2.04. The fraction of sp³-hybridized carbons (Fsp3) is 0.364. The molecule has 0 spiro atoms. The summed E-state index contributed by atoms with van der Waals surface area (Å²) in [6.07, 6.45) is 0.941. The third kappa shape index (κ3) is 4.97. The molecule has 0 aliphatic heterocycles. The molecule has 0 saturated carbocycles. The average Bonchev–Trinajstić information content (AvgIpc) is 2.18. The van der Waals surface area contributed by atoms with Gasteiger partial charge in [0.25, 0.3) is 5.91 Å². The topological polar surface area (TPSA) is 29.1 Å². The summed E-state index contributed by atoms with van der Waals surface area (Å²) in [5.74, 6) is -0.000417. The standard InChI is InChI=1S/C11H13BrINO/c1-8(12)6-7-14-11(15)9-2-4-10(13)5-3-9/h2-5,8H,6-7H2,1H3,(H,14,15). The Balaban J connectivity index is 2.43. The Kier molecular flexibility index (Phi) is 5.60. The van der Waals surface area contributed by atoms with E-state index in [0.29, 0.717) is 11.4 Å². The number of nitrogens with one attached hydrogen (secondary N) is 1. The Morgan fingerprint density at radius 1 is 1.47 bits per heavy atom. The largest absolute Gasteiger partial charge is 0.352 e. The Morgan fingerprint density at radius 3 is 2.60 bits per heavy atom. The average molecular weight is 382 g/mol. The second-order valence-electron chi connectivity index (χ2n) is 3.33. The van der Waals surface area contributed by atoms with Crippen LogP contribution < -0.4 is 5.32 Å². The van der Waals surface area contributed by atoms with Crippen molar-refractivity contribution in [3.8, 4) is 0 Å². The van der Waals surface area contributed by atoms with Gasteiger partial charge < -0.3 is 5.32 Å². The lowest BCUT2D eigenvalue weighted by molar-refractivity contribution is 0.0953. The minimum absolute atomic E-state index is 0.000417. The molecular weight excluding hydrogens is 369 g/mol. The third-order valence-corrected chi connectivity index (χ3v) is 3.11. The van der Waals surface area contributed by atoms with E-state index < -0.39 is 0 Å². The van der Waals surface area contributed by atoms with Gasteiger partial charge in [-0.05, 0) is 53.3 Å². The predicted molar refractivity (Wildman–Crippen MR) is 74.5 cm³/mol. The number of amides is 1. The van der Waals surface area contributed by atoms with Crippen LogP contribution in [0.15, 0.2) is 24.3 Å². The van der Waals surface area contributed by atoms with Crippen LogP contribution in [0.1, 0.15) is 23.7 Å². The van der Waals surface area contributed by atoms with Crippen LogP contribution >= 0.6 is 38.5 Å². The zero-order valence-electron chi connectivity index (χ0n) is 8.47. The maximum atomic E-state index is 11.6. The molecule has 15 heavy (non-hydrogen) atoms. The van der Waals surface area contributed by atoms with Crippen LogP contribution in [0.2, 0.25) is 0 Å².